The molecule has 1 saturated heterocycles. The monoisotopic (exact) mass is 212 g/mol. The van der Waals surface area contributed by atoms with E-state index in [4.69, 9.17) is 0 Å². The third kappa shape index (κ3) is 4.98. The smallest absolute Gasteiger partial charge is 0.0110 e. The van der Waals surface area contributed by atoms with Crippen molar-refractivity contribution in [1.82, 2.24) is 10.2 Å². The molecule has 2 atom stereocenters. The van der Waals surface area contributed by atoms with Crippen molar-refractivity contribution in [2.24, 2.45) is 5.92 Å². The van der Waals surface area contributed by atoms with Crippen molar-refractivity contribution in [3.05, 3.63) is 0 Å². The summed E-state index contributed by atoms with van der Waals surface area (Å²) in [5.41, 5.74) is 0. The molecule has 2 unspecified atom stereocenters. The van der Waals surface area contributed by atoms with Crippen molar-refractivity contribution < 1.29 is 0 Å². The van der Waals surface area contributed by atoms with E-state index < -0.39 is 0 Å². The van der Waals surface area contributed by atoms with Gasteiger partial charge in [-0.15, -0.1) is 0 Å². The van der Waals surface area contributed by atoms with Gasteiger partial charge in [-0.2, -0.15) is 0 Å². The molecule has 0 aromatic carbocycles. The van der Waals surface area contributed by atoms with E-state index in [1.54, 1.807) is 0 Å². The molecule has 0 saturated carbocycles. The summed E-state index contributed by atoms with van der Waals surface area (Å²) >= 11 is 0. The van der Waals surface area contributed by atoms with E-state index in [9.17, 15) is 0 Å². The van der Waals surface area contributed by atoms with Gasteiger partial charge in [-0.3, -0.25) is 4.90 Å². The zero-order valence-electron chi connectivity index (χ0n) is 10.8. The number of hydrogen-bond acceptors (Lipinski definition) is 2. The lowest BCUT2D eigenvalue weighted by Crippen LogP contribution is -2.34. The first kappa shape index (κ1) is 13.0. The molecule has 2 heteroatoms. The maximum absolute atomic E-state index is 3.54. The predicted octanol–water partition coefficient (Wildman–Crippen LogP) is 2.50. The van der Waals surface area contributed by atoms with Crippen LogP contribution in [0.2, 0.25) is 0 Å². The highest BCUT2D eigenvalue weighted by atomic mass is 15.2. The van der Waals surface area contributed by atoms with E-state index in [-0.39, 0.29) is 0 Å². The van der Waals surface area contributed by atoms with Gasteiger partial charge in [0.05, 0.1) is 0 Å². The highest BCUT2D eigenvalue weighted by Crippen LogP contribution is 2.21. The van der Waals surface area contributed by atoms with Crippen molar-refractivity contribution in [3.63, 3.8) is 0 Å². The second-order valence-electron chi connectivity index (χ2n) is 5.14. The van der Waals surface area contributed by atoms with Gasteiger partial charge in [-0.25, -0.2) is 0 Å². The molecule has 2 nitrogen and oxygen atoms in total. The van der Waals surface area contributed by atoms with Gasteiger partial charge in [0.1, 0.15) is 0 Å². The molecule has 1 aliphatic rings. The summed E-state index contributed by atoms with van der Waals surface area (Å²) in [6.07, 6.45) is 5.41. The lowest BCUT2D eigenvalue weighted by molar-refractivity contribution is 0.264. The molecule has 1 fully saturated rings. The maximum Gasteiger partial charge on any atom is 0.0110 e. The third-order valence-corrected chi connectivity index (χ3v) is 3.45. The van der Waals surface area contributed by atoms with E-state index >= 15 is 0 Å². The highest BCUT2D eigenvalue weighted by molar-refractivity contribution is 4.80. The standard InChI is InChI=1S/C13H28N2/c1-4-5-6-7-14-8-9-15-11-12(2)10-13(15)3/h12-14H,4-11H2,1-3H3. The van der Waals surface area contributed by atoms with Gasteiger partial charge in [0, 0.05) is 25.7 Å². The van der Waals surface area contributed by atoms with Crippen molar-refractivity contribution in [2.75, 3.05) is 26.2 Å². The Hall–Kier alpha value is -0.0800. The van der Waals surface area contributed by atoms with Crippen LogP contribution in [0.4, 0.5) is 0 Å². The minimum Gasteiger partial charge on any atom is -0.315 e. The van der Waals surface area contributed by atoms with Gasteiger partial charge >= 0.3 is 0 Å². The fraction of sp³-hybridized carbons (Fsp3) is 1.00. The molecule has 0 radical (unpaired) electrons. The van der Waals surface area contributed by atoms with Crippen LogP contribution in [-0.2, 0) is 0 Å². The molecule has 1 heterocycles. The van der Waals surface area contributed by atoms with Gasteiger partial charge in [0.2, 0.25) is 0 Å². The van der Waals surface area contributed by atoms with Crippen LogP contribution < -0.4 is 5.32 Å². The molecule has 1 N–H and O–H groups in total. The molecule has 15 heavy (non-hydrogen) atoms. The second kappa shape index (κ2) is 7.24. The number of hydrogen-bond donors (Lipinski definition) is 1. The minimum atomic E-state index is 0.803. The lowest BCUT2D eigenvalue weighted by atomic mass is 10.1. The Balaban J connectivity index is 1.96. The van der Waals surface area contributed by atoms with Crippen LogP contribution in [0.3, 0.4) is 0 Å². The van der Waals surface area contributed by atoms with Gasteiger partial charge in [-0.05, 0) is 32.2 Å². The van der Waals surface area contributed by atoms with Crippen molar-refractivity contribution in [3.8, 4) is 0 Å². The van der Waals surface area contributed by atoms with E-state index in [1.807, 2.05) is 0 Å². The normalized spacial score (nSPS) is 27.4. The maximum atomic E-state index is 3.54. The number of nitrogens with zero attached hydrogens (tertiary/aromatic N) is 1. The van der Waals surface area contributed by atoms with Crippen LogP contribution in [0.5, 0.6) is 0 Å². The molecule has 90 valence electrons. The predicted molar refractivity (Wildman–Crippen MR) is 67.2 cm³/mol. The summed E-state index contributed by atoms with van der Waals surface area (Å²) in [5, 5.41) is 3.54. The van der Waals surface area contributed by atoms with E-state index in [0.717, 1.165) is 12.0 Å². The molecule has 1 aliphatic heterocycles. The molecule has 0 bridgehead atoms. The molecular weight excluding hydrogens is 184 g/mol. The van der Waals surface area contributed by atoms with Crippen LogP contribution >= 0.6 is 0 Å². The average Bonchev–Trinajstić information content (AvgIpc) is 2.51. The molecule has 0 aromatic rings. The summed E-state index contributed by atoms with van der Waals surface area (Å²) in [4.78, 5) is 2.62. The Morgan fingerprint density at radius 1 is 1.20 bits per heavy atom. The van der Waals surface area contributed by atoms with Crippen molar-refractivity contribution in [1.29, 1.82) is 0 Å². The number of rotatable bonds is 7. The van der Waals surface area contributed by atoms with Gasteiger partial charge in [-0.1, -0.05) is 26.7 Å². The fourth-order valence-corrected chi connectivity index (χ4v) is 2.55. The molecule has 1 rings (SSSR count). The van der Waals surface area contributed by atoms with Gasteiger partial charge < -0.3 is 5.32 Å². The van der Waals surface area contributed by atoms with Crippen molar-refractivity contribution in [2.45, 2.75) is 52.5 Å². The fourth-order valence-electron chi connectivity index (χ4n) is 2.55. The lowest BCUT2D eigenvalue weighted by Gasteiger charge is -2.20. The van der Waals surface area contributed by atoms with Crippen molar-refractivity contribution >= 4 is 0 Å². The number of nitrogens with one attached hydrogen (secondary N) is 1. The first-order chi connectivity index (χ1) is 7.24. The van der Waals surface area contributed by atoms with E-state index in [2.05, 4.69) is 31.0 Å². The largest absolute Gasteiger partial charge is 0.315 e. The summed E-state index contributed by atoms with van der Waals surface area (Å²) in [5.74, 6) is 0.903. The van der Waals surface area contributed by atoms with Crippen LogP contribution in [0.25, 0.3) is 0 Å². The second-order valence-corrected chi connectivity index (χ2v) is 5.14. The molecular formula is C13H28N2. The van der Waals surface area contributed by atoms with Crippen LogP contribution in [0.1, 0.15) is 46.5 Å². The zero-order chi connectivity index (χ0) is 11.1. The molecule has 0 amide bonds. The Labute approximate surface area is 95.4 Å². The molecule has 0 spiro atoms. The quantitative estimate of drug-likeness (QED) is 0.652. The summed E-state index contributed by atoms with van der Waals surface area (Å²) in [6, 6.07) is 0.803. The minimum absolute atomic E-state index is 0.803. The van der Waals surface area contributed by atoms with Gasteiger partial charge in [0.25, 0.3) is 0 Å². The third-order valence-electron chi connectivity index (χ3n) is 3.45. The Morgan fingerprint density at radius 2 is 2.00 bits per heavy atom. The highest BCUT2D eigenvalue weighted by Gasteiger charge is 2.24. The first-order valence-corrected chi connectivity index (χ1v) is 6.68. The first-order valence-electron chi connectivity index (χ1n) is 6.68. The average molecular weight is 212 g/mol. The summed E-state index contributed by atoms with van der Waals surface area (Å²) in [6.45, 7) is 11.9. The van der Waals surface area contributed by atoms with E-state index in [1.165, 1.54) is 51.9 Å². The van der Waals surface area contributed by atoms with E-state index in [0.29, 0.717) is 0 Å². The number of likely N-dealkylation sites (tertiary alicyclic amines) is 1. The Bertz CT molecular complexity index is 159. The summed E-state index contributed by atoms with van der Waals surface area (Å²) in [7, 11) is 0. The SMILES string of the molecule is CCCCCNCCN1CC(C)CC1C. The summed E-state index contributed by atoms with van der Waals surface area (Å²) < 4.78 is 0. The number of unbranched alkanes of at least 4 members (excludes halogenated alkanes) is 2. The van der Waals surface area contributed by atoms with Crippen LogP contribution in [0.15, 0.2) is 0 Å². The molecule has 0 aromatic heterocycles. The van der Waals surface area contributed by atoms with Gasteiger partial charge in [0.15, 0.2) is 0 Å². The molecule has 0 aliphatic carbocycles. The Morgan fingerprint density at radius 3 is 2.60 bits per heavy atom. The Kier molecular flexibility index (Phi) is 6.26. The topological polar surface area (TPSA) is 15.3 Å². The zero-order valence-corrected chi connectivity index (χ0v) is 10.8. The van der Waals surface area contributed by atoms with Crippen LogP contribution in [-0.4, -0.2) is 37.1 Å². The van der Waals surface area contributed by atoms with Crippen LogP contribution in [0, 0.1) is 5.92 Å².